The van der Waals surface area contributed by atoms with Crippen molar-refractivity contribution in [2.24, 2.45) is 0 Å². The second-order valence-electron chi connectivity index (χ2n) is 7.67. The summed E-state index contributed by atoms with van der Waals surface area (Å²) in [4.78, 5) is 33.9. The Morgan fingerprint density at radius 2 is 2.04 bits per heavy atom. The average molecular weight is 381 g/mol. The van der Waals surface area contributed by atoms with Crippen LogP contribution in [0.3, 0.4) is 0 Å². The van der Waals surface area contributed by atoms with Gasteiger partial charge in [0.05, 0.1) is 31.7 Å². The van der Waals surface area contributed by atoms with E-state index < -0.39 is 0 Å². The Labute approximate surface area is 162 Å². The minimum absolute atomic E-state index is 0.0444. The Morgan fingerprint density at radius 3 is 2.86 bits per heavy atom. The van der Waals surface area contributed by atoms with Crippen molar-refractivity contribution >= 4 is 11.8 Å². The maximum atomic E-state index is 13.2. The predicted octanol–water partition coefficient (Wildman–Crippen LogP) is 0.935. The van der Waals surface area contributed by atoms with Crippen LogP contribution >= 0.6 is 0 Å². The van der Waals surface area contributed by atoms with E-state index in [-0.39, 0.29) is 23.9 Å². The lowest BCUT2D eigenvalue weighted by molar-refractivity contribution is -0.131. The molecule has 8 heteroatoms. The molecule has 2 amide bonds. The van der Waals surface area contributed by atoms with Crippen molar-refractivity contribution in [2.75, 3.05) is 19.7 Å². The van der Waals surface area contributed by atoms with Crippen LogP contribution in [0.5, 0.6) is 0 Å². The van der Waals surface area contributed by atoms with Gasteiger partial charge in [-0.3, -0.25) is 19.7 Å². The SMILES string of the molecule is O=C(Cc1cccnc1)N1CC[C@H]2[C@@H]1CCN2C(=O)c1n[nH]c2c1COCC2. The van der Waals surface area contributed by atoms with Crippen molar-refractivity contribution in [3.63, 3.8) is 0 Å². The van der Waals surface area contributed by atoms with Crippen LogP contribution in [0.1, 0.15) is 40.2 Å². The molecule has 8 nitrogen and oxygen atoms in total. The number of ether oxygens (including phenoxy) is 1. The van der Waals surface area contributed by atoms with Crippen LogP contribution in [0.4, 0.5) is 0 Å². The van der Waals surface area contributed by atoms with Gasteiger partial charge in [-0.05, 0) is 24.5 Å². The molecule has 2 atom stereocenters. The third kappa shape index (κ3) is 2.88. The lowest BCUT2D eigenvalue weighted by Crippen LogP contribution is -2.42. The van der Waals surface area contributed by atoms with Gasteiger partial charge in [0.25, 0.3) is 5.91 Å². The van der Waals surface area contributed by atoms with Gasteiger partial charge in [0.15, 0.2) is 5.69 Å². The first-order valence-corrected chi connectivity index (χ1v) is 9.85. The fourth-order valence-corrected chi connectivity index (χ4v) is 4.75. The van der Waals surface area contributed by atoms with Crippen molar-refractivity contribution in [3.8, 4) is 0 Å². The molecule has 0 aromatic carbocycles. The summed E-state index contributed by atoms with van der Waals surface area (Å²) in [6, 6.07) is 3.94. The van der Waals surface area contributed by atoms with E-state index >= 15 is 0 Å². The van der Waals surface area contributed by atoms with Gasteiger partial charge in [-0.2, -0.15) is 5.10 Å². The maximum absolute atomic E-state index is 13.2. The lowest BCUT2D eigenvalue weighted by Gasteiger charge is -2.25. The topological polar surface area (TPSA) is 91.4 Å². The van der Waals surface area contributed by atoms with Crippen LogP contribution in [0.25, 0.3) is 0 Å². The number of carbonyl (C=O) groups is 2. The van der Waals surface area contributed by atoms with Gasteiger partial charge in [0, 0.05) is 43.2 Å². The van der Waals surface area contributed by atoms with Gasteiger partial charge in [-0.25, -0.2) is 0 Å². The highest BCUT2D eigenvalue weighted by Gasteiger charge is 2.46. The highest BCUT2D eigenvalue weighted by atomic mass is 16.5. The van der Waals surface area contributed by atoms with Crippen molar-refractivity contribution in [2.45, 2.75) is 44.4 Å². The largest absolute Gasteiger partial charge is 0.376 e. The monoisotopic (exact) mass is 381 g/mol. The Balaban J connectivity index is 1.30. The number of carbonyl (C=O) groups excluding carboxylic acids is 2. The van der Waals surface area contributed by atoms with E-state index in [9.17, 15) is 9.59 Å². The normalized spacial score (nSPS) is 23.6. The number of likely N-dealkylation sites (tertiary alicyclic amines) is 2. The molecule has 0 aliphatic carbocycles. The Bertz CT molecular complexity index is 897. The molecule has 2 aromatic heterocycles. The Hall–Kier alpha value is -2.74. The second-order valence-corrected chi connectivity index (χ2v) is 7.67. The van der Waals surface area contributed by atoms with Gasteiger partial charge in [-0.15, -0.1) is 0 Å². The number of hydrogen-bond acceptors (Lipinski definition) is 5. The third-order valence-electron chi connectivity index (χ3n) is 6.13. The number of nitrogens with one attached hydrogen (secondary N) is 1. The molecule has 0 spiro atoms. The fraction of sp³-hybridized carbons (Fsp3) is 0.500. The summed E-state index contributed by atoms with van der Waals surface area (Å²) in [7, 11) is 0. The molecule has 1 N–H and O–H groups in total. The standard InChI is InChI=1S/C20H23N5O3/c26-18(10-13-2-1-6-21-11-13)24-7-3-17-16(24)4-8-25(17)20(27)19-14-12-28-9-5-15(14)22-23-19/h1-2,6,11,16-17H,3-5,7-10,12H2,(H,22,23)/t16-,17-/m0/s1. The van der Waals surface area contributed by atoms with Gasteiger partial charge >= 0.3 is 0 Å². The first kappa shape index (κ1) is 17.4. The van der Waals surface area contributed by atoms with Gasteiger partial charge < -0.3 is 14.5 Å². The Kier molecular flexibility index (Phi) is 4.35. The zero-order valence-corrected chi connectivity index (χ0v) is 15.6. The van der Waals surface area contributed by atoms with Crippen molar-refractivity contribution in [1.29, 1.82) is 0 Å². The van der Waals surface area contributed by atoms with Crippen LogP contribution in [-0.4, -0.2) is 68.6 Å². The lowest BCUT2D eigenvalue weighted by atomic mass is 10.1. The summed E-state index contributed by atoms with van der Waals surface area (Å²) in [6.07, 6.45) is 6.20. The summed E-state index contributed by atoms with van der Waals surface area (Å²) in [6.45, 7) is 2.45. The maximum Gasteiger partial charge on any atom is 0.275 e. The molecular formula is C20H23N5O3. The number of rotatable bonds is 3. The molecule has 5 rings (SSSR count). The number of hydrogen-bond donors (Lipinski definition) is 1. The summed E-state index contributed by atoms with van der Waals surface area (Å²) >= 11 is 0. The summed E-state index contributed by atoms with van der Waals surface area (Å²) in [5, 5.41) is 7.28. The van der Waals surface area contributed by atoms with E-state index in [1.54, 1.807) is 12.4 Å². The van der Waals surface area contributed by atoms with Crippen LogP contribution in [0.15, 0.2) is 24.5 Å². The van der Waals surface area contributed by atoms with Crippen LogP contribution in [0.2, 0.25) is 0 Å². The third-order valence-corrected chi connectivity index (χ3v) is 6.13. The van der Waals surface area contributed by atoms with E-state index in [0.29, 0.717) is 38.4 Å². The first-order chi connectivity index (χ1) is 13.7. The number of pyridine rings is 1. The van der Waals surface area contributed by atoms with E-state index in [0.717, 1.165) is 36.1 Å². The predicted molar refractivity (Wildman–Crippen MR) is 99.4 cm³/mol. The van der Waals surface area contributed by atoms with Crippen LogP contribution < -0.4 is 0 Å². The fourth-order valence-electron chi connectivity index (χ4n) is 4.75. The van der Waals surface area contributed by atoms with E-state index in [1.165, 1.54) is 0 Å². The van der Waals surface area contributed by atoms with E-state index in [1.807, 2.05) is 21.9 Å². The highest BCUT2D eigenvalue weighted by Crippen LogP contribution is 2.33. The van der Waals surface area contributed by atoms with Crippen molar-refractivity contribution in [3.05, 3.63) is 47.0 Å². The molecular weight excluding hydrogens is 358 g/mol. The number of fused-ring (bicyclic) bond motifs is 2. The highest BCUT2D eigenvalue weighted by molar-refractivity contribution is 5.94. The first-order valence-electron chi connectivity index (χ1n) is 9.85. The summed E-state index contributed by atoms with van der Waals surface area (Å²) in [5.74, 6) is 0.0670. The Morgan fingerprint density at radius 1 is 1.21 bits per heavy atom. The molecule has 5 heterocycles. The molecule has 28 heavy (non-hydrogen) atoms. The molecule has 0 saturated carbocycles. The van der Waals surface area contributed by atoms with Crippen LogP contribution in [0, 0.1) is 0 Å². The zero-order chi connectivity index (χ0) is 19.1. The molecule has 2 fully saturated rings. The molecule has 3 aliphatic heterocycles. The van der Waals surface area contributed by atoms with Gasteiger partial charge in [0.2, 0.25) is 5.91 Å². The molecule has 0 bridgehead atoms. The van der Waals surface area contributed by atoms with E-state index in [4.69, 9.17) is 4.74 Å². The number of aromatic nitrogens is 3. The quantitative estimate of drug-likeness (QED) is 0.854. The van der Waals surface area contributed by atoms with Crippen molar-refractivity contribution in [1.82, 2.24) is 25.0 Å². The minimum atomic E-state index is -0.0444. The molecule has 2 saturated heterocycles. The smallest absolute Gasteiger partial charge is 0.275 e. The zero-order valence-electron chi connectivity index (χ0n) is 15.6. The molecule has 0 radical (unpaired) electrons. The molecule has 0 unspecified atom stereocenters. The van der Waals surface area contributed by atoms with E-state index in [2.05, 4.69) is 15.2 Å². The van der Waals surface area contributed by atoms with Gasteiger partial charge in [-0.1, -0.05) is 6.07 Å². The van der Waals surface area contributed by atoms with Crippen molar-refractivity contribution < 1.29 is 14.3 Å². The molecule has 2 aromatic rings. The van der Waals surface area contributed by atoms with Crippen LogP contribution in [-0.2, 0) is 29.0 Å². The number of amides is 2. The summed E-state index contributed by atoms with van der Waals surface area (Å²) < 4.78 is 5.51. The molecule has 3 aliphatic rings. The number of nitrogens with zero attached hydrogens (tertiary/aromatic N) is 4. The second kappa shape index (κ2) is 7.01. The number of aromatic amines is 1. The van der Waals surface area contributed by atoms with Gasteiger partial charge in [0.1, 0.15) is 0 Å². The minimum Gasteiger partial charge on any atom is -0.376 e. The molecule has 146 valence electrons. The summed E-state index contributed by atoms with van der Waals surface area (Å²) in [5.41, 5.74) is 3.30. The number of H-pyrrole nitrogens is 1. The average Bonchev–Trinajstić information content (AvgIpc) is 3.42.